The minimum atomic E-state index is -0.586. The van der Waals surface area contributed by atoms with Crippen molar-refractivity contribution >= 4 is 11.9 Å². The second kappa shape index (κ2) is 20.3. The van der Waals surface area contributed by atoms with Gasteiger partial charge in [-0.1, -0.05) is 103 Å². The molecule has 0 saturated heterocycles. The van der Waals surface area contributed by atoms with Gasteiger partial charge < -0.3 is 16.2 Å². The number of unbranched alkanes of at least 4 members (excludes halogenated alkanes) is 15. The molecule has 5 N–H and O–H groups in total. The Morgan fingerprint density at radius 3 is 1.65 bits per heavy atom. The van der Waals surface area contributed by atoms with Crippen LogP contribution in [0.5, 0.6) is 5.75 Å². The summed E-state index contributed by atoms with van der Waals surface area (Å²) < 4.78 is 0. The molecule has 0 aromatic heterocycles. The lowest BCUT2D eigenvalue weighted by atomic mass is 10.0. The lowest BCUT2D eigenvalue weighted by Gasteiger charge is -2.21. The van der Waals surface area contributed by atoms with Crippen LogP contribution in [0, 0.1) is 0 Å². The van der Waals surface area contributed by atoms with Gasteiger partial charge in [-0.15, -0.1) is 0 Å². The number of hydrazine groups is 1. The summed E-state index contributed by atoms with van der Waals surface area (Å²) >= 11 is 0. The third-order valence-electron chi connectivity index (χ3n) is 6.07. The first kappa shape index (κ1) is 29.9. The number of amides is 3. The number of imide groups is 1. The van der Waals surface area contributed by atoms with E-state index in [0.29, 0.717) is 12.1 Å². The van der Waals surface area contributed by atoms with E-state index in [1.807, 2.05) is 0 Å². The zero-order valence-electron chi connectivity index (χ0n) is 21.3. The van der Waals surface area contributed by atoms with Gasteiger partial charge >= 0.3 is 6.03 Å². The van der Waals surface area contributed by atoms with Gasteiger partial charge in [0.05, 0.1) is 6.67 Å². The number of nitrogens with two attached hydrogens (primary N) is 1. The molecule has 0 radical (unpaired) electrons. The van der Waals surface area contributed by atoms with Crippen molar-refractivity contribution in [1.29, 1.82) is 0 Å². The highest BCUT2D eigenvalue weighted by atomic mass is 16.3. The predicted molar refractivity (Wildman–Crippen MR) is 139 cm³/mol. The molecule has 0 fully saturated rings. The molecule has 194 valence electrons. The fourth-order valence-corrected chi connectivity index (χ4v) is 4.00. The van der Waals surface area contributed by atoms with Crippen LogP contribution >= 0.6 is 0 Å². The van der Waals surface area contributed by atoms with Crippen LogP contribution in [0.3, 0.4) is 0 Å². The zero-order valence-corrected chi connectivity index (χ0v) is 21.3. The van der Waals surface area contributed by atoms with Gasteiger partial charge in [-0.3, -0.25) is 4.79 Å². The lowest BCUT2D eigenvalue weighted by molar-refractivity contribution is 0.0726. The highest BCUT2D eigenvalue weighted by molar-refractivity contribution is 6.03. The van der Waals surface area contributed by atoms with Gasteiger partial charge in [0, 0.05) is 12.1 Å². The van der Waals surface area contributed by atoms with Crippen LogP contribution < -0.4 is 16.5 Å². The number of rotatable bonds is 20. The Balaban J connectivity index is 2.07. The first-order chi connectivity index (χ1) is 16.6. The number of hydrogen-bond acceptors (Lipinski definition) is 5. The van der Waals surface area contributed by atoms with E-state index in [4.69, 9.17) is 5.73 Å². The van der Waals surface area contributed by atoms with Crippen molar-refractivity contribution in [2.45, 2.75) is 110 Å². The molecule has 3 amide bonds. The number of phenolic OH excluding ortho intramolecular Hbond substituents is 1. The van der Waals surface area contributed by atoms with Crippen molar-refractivity contribution in [3.63, 3.8) is 0 Å². The molecular formula is C27H48N4O3. The van der Waals surface area contributed by atoms with Crippen LogP contribution in [0.4, 0.5) is 4.79 Å². The Hall–Kier alpha value is -2.12. The summed E-state index contributed by atoms with van der Waals surface area (Å²) in [5, 5.41) is 12.8. The monoisotopic (exact) mass is 476 g/mol. The second-order valence-electron chi connectivity index (χ2n) is 9.08. The van der Waals surface area contributed by atoms with E-state index in [0.717, 1.165) is 17.9 Å². The van der Waals surface area contributed by atoms with E-state index in [2.05, 4.69) is 17.7 Å². The Morgan fingerprint density at radius 1 is 0.765 bits per heavy atom. The van der Waals surface area contributed by atoms with Crippen LogP contribution in [0.25, 0.3) is 0 Å². The van der Waals surface area contributed by atoms with Crippen molar-refractivity contribution in [3.8, 4) is 5.75 Å². The number of carbonyl (C=O) groups is 2. The fraction of sp³-hybridized carbons (Fsp3) is 0.704. The Bertz CT molecular complexity index is 652. The Kier molecular flexibility index (Phi) is 17.8. The summed E-state index contributed by atoms with van der Waals surface area (Å²) in [6.45, 7) is 2.74. The molecule has 1 aromatic carbocycles. The van der Waals surface area contributed by atoms with E-state index in [1.165, 1.54) is 114 Å². The van der Waals surface area contributed by atoms with E-state index in [9.17, 15) is 14.7 Å². The molecule has 0 saturated carbocycles. The Morgan fingerprint density at radius 2 is 1.21 bits per heavy atom. The highest BCUT2D eigenvalue weighted by Crippen LogP contribution is 2.14. The third-order valence-corrected chi connectivity index (χ3v) is 6.07. The normalized spacial score (nSPS) is 10.9. The maximum absolute atomic E-state index is 12.7. The number of hydrogen-bond donors (Lipinski definition) is 4. The lowest BCUT2D eigenvalue weighted by Crippen LogP contribution is -2.52. The van der Waals surface area contributed by atoms with E-state index >= 15 is 0 Å². The molecule has 0 heterocycles. The summed E-state index contributed by atoms with van der Waals surface area (Å²) in [4.78, 5) is 24.9. The van der Waals surface area contributed by atoms with Crippen molar-refractivity contribution in [2.24, 2.45) is 5.73 Å². The van der Waals surface area contributed by atoms with Crippen LogP contribution in [0.1, 0.15) is 120 Å². The molecule has 0 aliphatic carbocycles. The van der Waals surface area contributed by atoms with Crippen molar-refractivity contribution < 1.29 is 14.7 Å². The number of aromatic hydroxyl groups is 1. The number of phenols is 1. The number of urea groups is 1. The molecule has 1 rings (SSSR count). The quantitative estimate of drug-likeness (QED) is 0.101. The number of nitrogens with one attached hydrogen (secondary N) is 2. The summed E-state index contributed by atoms with van der Waals surface area (Å²) in [6.07, 6.45) is 20.8. The summed E-state index contributed by atoms with van der Waals surface area (Å²) in [5.74, 6) is -0.418. The van der Waals surface area contributed by atoms with Gasteiger partial charge in [0.15, 0.2) is 0 Å². The van der Waals surface area contributed by atoms with Crippen LogP contribution in [0.15, 0.2) is 24.3 Å². The molecule has 7 nitrogen and oxygen atoms in total. The van der Waals surface area contributed by atoms with Gasteiger partial charge in [0.25, 0.3) is 5.91 Å². The van der Waals surface area contributed by atoms with E-state index < -0.39 is 11.9 Å². The maximum Gasteiger partial charge on any atom is 0.340 e. The average molecular weight is 477 g/mol. The SMILES string of the molecule is CCCCCCCCCCCCCCCCCCNN(C(=O)NCN)C(=O)c1ccc(O)cc1. The van der Waals surface area contributed by atoms with Gasteiger partial charge in [0.2, 0.25) is 0 Å². The van der Waals surface area contributed by atoms with Gasteiger partial charge in [-0.2, -0.15) is 5.01 Å². The molecule has 0 bridgehead atoms. The molecule has 0 atom stereocenters. The predicted octanol–water partition coefficient (Wildman–Crippen LogP) is 6.23. The largest absolute Gasteiger partial charge is 0.508 e. The van der Waals surface area contributed by atoms with Gasteiger partial charge in [0.1, 0.15) is 5.75 Å². The number of carbonyl (C=O) groups excluding carboxylic acids is 2. The standard InChI is InChI=1S/C27H48N4O3/c1-2-3-4-5-6-7-8-9-10-11-12-13-14-15-16-17-22-30-31(27(34)29-23-28)26(33)24-18-20-25(32)21-19-24/h18-21,30,32H,2-17,22-23,28H2,1H3,(H,29,34). The smallest absolute Gasteiger partial charge is 0.340 e. The van der Waals surface area contributed by atoms with Crippen LogP contribution in [-0.4, -0.2) is 35.3 Å². The first-order valence-electron chi connectivity index (χ1n) is 13.4. The maximum atomic E-state index is 12.7. The number of benzene rings is 1. The number of nitrogens with zero attached hydrogens (tertiary/aromatic N) is 1. The van der Waals surface area contributed by atoms with Crippen LogP contribution in [0.2, 0.25) is 0 Å². The molecule has 34 heavy (non-hydrogen) atoms. The molecule has 0 aliphatic rings. The van der Waals surface area contributed by atoms with E-state index in [1.54, 1.807) is 0 Å². The fourth-order valence-electron chi connectivity index (χ4n) is 4.00. The summed E-state index contributed by atoms with van der Waals surface area (Å²) in [6, 6.07) is 5.22. The molecule has 1 aromatic rings. The molecule has 0 unspecified atom stereocenters. The summed E-state index contributed by atoms with van der Waals surface area (Å²) in [7, 11) is 0. The van der Waals surface area contributed by atoms with Gasteiger partial charge in [-0.05, 0) is 30.7 Å². The van der Waals surface area contributed by atoms with E-state index in [-0.39, 0.29) is 12.4 Å². The third kappa shape index (κ3) is 14.2. The molecule has 7 heteroatoms. The first-order valence-corrected chi connectivity index (χ1v) is 13.4. The minimum Gasteiger partial charge on any atom is -0.508 e. The minimum absolute atomic E-state index is 0.0566. The molecular weight excluding hydrogens is 428 g/mol. The molecule has 0 spiro atoms. The van der Waals surface area contributed by atoms with Crippen LogP contribution in [-0.2, 0) is 0 Å². The van der Waals surface area contributed by atoms with Crippen molar-refractivity contribution in [1.82, 2.24) is 15.8 Å². The topological polar surface area (TPSA) is 108 Å². The van der Waals surface area contributed by atoms with Crippen molar-refractivity contribution in [3.05, 3.63) is 29.8 Å². The Labute approximate surface area is 206 Å². The van der Waals surface area contributed by atoms with Gasteiger partial charge in [-0.25, -0.2) is 10.2 Å². The second-order valence-corrected chi connectivity index (χ2v) is 9.08. The zero-order chi connectivity index (χ0) is 24.9. The highest BCUT2D eigenvalue weighted by Gasteiger charge is 2.22. The van der Waals surface area contributed by atoms with Crippen molar-refractivity contribution in [2.75, 3.05) is 13.2 Å². The average Bonchev–Trinajstić information content (AvgIpc) is 2.83. The molecule has 0 aliphatic heterocycles. The summed E-state index contributed by atoms with van der Waals surface area (Å²) in [5.41, 5.74) is 8.62.